The number of rotatable bonds is 6. The van der Waals surface area contributed by atoms with E-state index < -0.39 is 0 Å². The minimum atomic E-state index is -0.0470. The van der Waals surface area contributed by atoms with Crippen molar-refractivity contribution in [2.75, 3.05) is 37.5 Å². The molecule has 1 saturated heterocycles. The van der Waals surface area contributed by atoms with E-state index >= 15 is 0 Å². The summed E-state index contributed by atoms with van der Waals surface area (Å²) in [5.74, 6) is 3.17. The third-order valence-electron chi connectivity index (χ3n) is 5.63. The Morgan fingerprint density at radius 2 is 1.81 bits per heavy atom. The van der Waals surface area contributed by atoms with Gasteiger partial charge in [-0.05, 0) is 37.1 Å². The van der Waals surface area contributed by atoms with Crippen LogP contribution in [0.25, 0.3) is 5.65 Å². The van der Waals surface area contributed by atoms with Crippen LogP contribution in [0.2, 0.25) is 0 Å². The molecule has 9 heteroatoms. The van der Waals surface area contributed by atoms with Gasteiger partial charge in [-0.2, -0.15) is 4.52 Å². The molecule has 1 amide bonds. The first-order valence-electron chi connectivity index (χ1n) is 10.5. The monoisotopic (exact) mass is 424 g/mol. The zero-order chi connectivity index (χ0) is 22.0. The van der Waals surface area contributed by atoms with Crippen molar-refractivity contribution in [3.63, 3.8) is 0 Å². The van der Waals surface area contributed by atoms with E-state index in [1.807, 2.05) is 22.7 Å². The zero-order valence-electron chi connectivity index (χ0n) is 18.3. The van der Waals surface area contributed by atoms with Crippen LogP contribution >= 0.6 is 0 Å². The van der Waals surface area contributed by atoms with Crippen molar-refractivity contribution in [3.05, 3.63) is 36.2 Å². The van der Waals surface area contributed by atoms with Gasteiger partial charge in [0.15, 0.2) is 23.0 Å². The van der Waals surface area contributed by atoms with Crippen LogP contribution in [0.4, 0.5) is 11.5 Å². The molecule has 0 saturated carbocycles. The predicted octanol–water partition coefficient (Wildman–Crippen LogP) is 3.12. The predicted molar refractivity (Wildman–Crippen MR) is 118 cm³/mol. The Morgan fingerprint density at radius 3 is 2.48 bits per heavy atom. The lowest BCUT2D eigenvalue weighted by Crippen LogP contribution is -2.38. The first-order valence-corrected chi connectivity index (χ1v) is 10.5. The lowest BCUT2D eigenvalue weighted by Gasteiger charge is -2.32. The normalized spacial score (nSPS) is 14.8. The highest BCUT2D eigenvalue weighted by molar-refractivity contribution is 5.93. The van der Waals surface area contributed by atoms with Crippen molar-refractivity contribution in [2.45, 2.75) is 32.6 Å². The standard InChI is InChI=1S/C22H28N6O3/c1-14(2)21-25-24-19-7-8-20(26-28(19)21)27-11-9-15(10-12-27)22(29)23-16-5-6-17(30-3)18(13-16)31-4/h5-8,13-15H,9-12H2,1-4H3,(H,23,29). The maximum absolute atomic E-state index is 12.8. The molecule has 1 fully saturated rings. The molecule has 0 aliphatic carbocycles. The molecule has 3 heterocycles. The van der Waals surface area contributed by atoms with Crippen LogP contribution in [0.3, 0.4) is 0 Å². The molecule has 1 N–H and O–H groups in total. The second kappa shape index (κ2) is 8.79. The number of hydrogen-bond donors (Lipinski definition) is 1. The van der Waals surface area contributed by atoms with Gasteiger partial charge in [0, 0.05) is 36.7 Å². The second-order valence-corrected chi connectivity index (χ2v) is 7.99. The minimum absolute atomic E-state index is 0.0242. The van der Waals surface area contributed by atoms with Crippen molar-refractivity contribution in [2.24, 2.45) is 5.92 Å². The number of aromatic nitrogens is 4. The smallest absolute Gasteiger partial charge is 0.227 e. The Labute approximate surface area is 181 Å². The van der Waals surface area contributed by atoms with Crippen molar-refractivity contribution in [1.29, 1.82) is 0 Å². The van der Waals surface area contributed by atoms with Gasteiger partial charge in [-0.3, -0.25) is 4.79 Å². The number of methoxy groups -OCH3 is 2. The molecular formula is C22H28N6O3. The van der Waals surface area contributed by atoms with Crippen molar-refractivity contribution < 1.29 is 14.3 Å². The van der Waals surface area contributed by atoms with Crippen LogP contribution in [0.1, 0.15) is 38.4 Å². The van der Waals surface area contributed by atoms with Gasteiger partial charge >= 0.3 is 0 Å². The molecule has 1 aliphatic rings. The summed E-state index contributed by atoms with van der Waals surface area (Å²) in [5, 5.41) is 16.2. The Morgan fingerprint density at radius 1 is 1.06 bits per heavy atom. The minimum Gasteiger partial charge on any atom is -0.493 e. The van der Waals surface area contributed by atoms with E-state index in [0.29, 0.717) is 17.2 Å². The molecule has 9 nitrogen and oxygen atoms in total. The van der Waals surface area contributed by atoms with E-state index in [-0.39, 0.29) is 17.7 Å². The first-order chi connectivity index (χ1) is 15.0. The number of piperidine rings is 1. The number of nitrogens with zero attached hydrogens (tertiary/aromatic N) is 5. The number of carbonyl (C=O) groups excluding carboxylic acids is 1. The Bertz CT molecular complexity index is 1070. The highest BCUT2D eigenvalue weighted by Crippen LogP contribution is 2.30. The molecule has 2 aromatic heterocycles. The van der Waals surface area contributed by atoms with E-state index in [1.54, 1.807) is 26.4 Å². The van der Waals surface area contributed by atoms with Crippen LogP contribution in [-0.4, -0.2) is 53.0 Å². The summed E-state index contributed by atoms with van der Waals surface area (Å²) in [6, 6.07) is 9.29. The third-order valence-corrected chi connectivity index (χ3v) is 5.63. The molecule has 0 radical (unpaired) electrons. The van der Waals surface area contributed by atoms with Crippen LogP contribution in [-0.2, 0) is 4.79 Å². The van der Waals surface area contributed by atoms with Gasteiger partial charge in [0.2, 0.25) is 5.91 Å². The van der Waals surface area contributed by atoms with Crippen LogP contribution in [0, 0.1) is 5.92 Å². The van der Waals surface area contributed by atoms with E-state index in [4.69, 9.17) is 14.6 Å². The van der Waals surface area contributed by atoms with Crippen LogP contribution in [0.5, 0.6) is 11.5 Å². The lowest BCUT2D eigenvalue weighted by atomic mass is 9.96. The summed E-state index contributed by atoms with van der Waals surface area (Å²) in [6.45, 7) is 5.68. The molecule has 3 aromatic rings. The molecule has 0 atom stereocenters. The Balaban J connectivity index is 1.40. The van der Waals surface area contributed by atoms with Gasteiger partial charge in [-0.1, -0.05) is 13.8 Å². The van der Waals surface area contributed by atoms with Crippen molar-refractivity contribution in [1.82, 2.24) is 19.8 Å². The average molecular weight is 425 g/mol. The summed E-state index contributed by atoms with van der Waals surface area (Å²) < 4.78 is 12.4. The van der Waals surface area contributed by atoms with Gasteiger partial charge in [-0.25, -0.2) is 0 Å². The highest BCUT2D eigenvalue weighted by atomic mass is 16.5. The number of nitrogens with one attached hydrogen (secondary N) is 1. The van der Waals surface area contributed by atoms with Gasteiger partial charge in [-0.15, -0.1) is 15.3 Å². The number of hydrogen-bond acceptors (Lipinski definition) is 7. The molecule has 1 aromatic carbocycles. The second-order valence-electron chi connectivity index (χ2n) is 7.99. The van der Waals surface area contributed by atoms with Crippen LogP contribution in [0.15, 0.2) is 30.3 Å². The van der Waals surface area contributed by atoms with E-state index in [0.717, 1.165) is 43.2 Å². The largest absolute Gasteiger partial charge is 0.493 e. The van der Waals surface area contributed by atoms with Gasteiger partial charge in [0.1, 0.15) is 5.82 Å². The van der Waals surface area contributed by atoms with Crippen molar-refractivity contribution >= 4 is 23.1 Å². The third kappa shape index (κ3) is 4.26. The molecule has 0 bridgehead atoms. The highest BCUT2D eigenvalue weighted by Gasteiger charge is 2.26. The first kappa shape index (κ1) is 20.9. The van der Waals surface area contributed by atoms with Crippen molar-refractivity contribution in [3.8, 4) is 11.5 Å². The number of amides is 1. The Kier molecular flexibility index (Phi) is 5.92. The Hall–Kier alpha value is -3.36. The quantitative estimate of drug-likeness (QED) is 0.650. The number of ether oxygens (including phenoxy) is 2. The maximum Gasteiger partial charge on any atom is 0.227 e. The molecule has 4 rings (SSSR count). The average Bonchev–Trinajstić information content (AvgIpc) is 3.22. The van der Waals surface area contributed by atoms with E-state index in [9.17, 15) is 4.79 Å². The summed E-state index contributed by atoms with van der Waals surface area (Å²) in [5.41, 5.74) is 1.45. The van der Waals surface area contributed by atoms with Crippen LogP contribution < -0.4 is 19.7 Å². The summed E-state index contributed by atoms with van der Waals surface area (Å²) in [4.78, 5) is 15.0. The molecular weight excluding hydrogens is 396 g/mol. The molecule has 0 unspecified atom stereocenters. The number of benzene rings is 1. The summed E-state index contributed by atoms with van der Waals surface area (Å²) in [7, 11) is 3.16. The molecule has 1 aliphatic heterocycles. The fraction of sp³-hybridized carbons (Fsp3) is 0.455. The molecule has 0 spiro atoms. The number of anilines is 2. The number of carbonyl (C=O) groups is 1. The van der Waals surface area contributed by atoms with Gasteiger partial charge in [0.25, 0.3) is 0 Å². The SMILES string of the molecule is COc1ccc(NC(=O)C2CCN(c3ccc4nnc(C(C)C)n4n3)CC2)cc1OC. The number of fused-ring (bicyclic) bond motifs is 1. The molecule has 31 heavy (non-hydrogen) atoms. The van der Waals surface area contributed by atoms with E-state index in [1.165, 1.54) is 0 Å². The summed E-state index contributed by atoms with van der Waals surface area (Å²) >= 11 is 0. The van der Waals surface area contributed by atoms with E-state index in [2.05, 4.69) is 34.3 Å². The maximum atomic E-state index is 12.8. The molecule has 164 valence electrons. The van der Waals surface area contributed by atoms with Gasteiger partial charge in [0.05, 0.1) is 14.2 Å². The van der Waals surface area contributed by atoms with Gasteiger partial charge < -0.3 is 19.7 Å². The fourth-order valence-electron chi connectivity index (χ4n) is 3.85. The zero-order valence-corrected chi connectivity index (χ0v) is 18.3. The summed E-state index contributed by atoms with van der Waals surface area (Å²) in [6.07, 6.45) is 1.52. The topological polar surface area (TPSA) is 93.9 Å². The fourth-order valence-corrected chi connectivity index (χ4v) is 3.85. The lowest BCUT2D eigenvalue weighted by molar-refractivity contribution is -0.120.